The van der Waals surface area contributed by atoms with Crippen molar-refractivity contribution in [1.29, 1.82) is 0 Å². The minimum Gasteiger partial charge on any atom is -0.352 e. The maximum Gasteiger partial charge on any atom is 0.228 e. The molecule has 1 saturated heterocycles. The molecule has 1 aliphatic carbocycles. The lowest BCUT2D eigenvalue weighted by Gasteiger charge is -2.38. The molecular formula is C16H24N4O. The molecule has 0 aromatic carbocycles. The van der Waals surface area contributed by atoms with Gasteiger partial charge in [0.1, 0.15) is 0 Å². The molecule has 1 aliphatic heterocycles. The number of nitrogens with zero attached hydrogens (tertiary/aromatic N) is 4. The highest BCUT2D eigenvalue weighted by Crippen LogP contribution is 2.38. The predicted octanol–water partition coefficient (Wildman–Crippen LogP) is 2.05. The predicted molar refractivity (Wildman–Crippen MR) is 82.3 cm³/mol. The Morgan fingerprint density at radius 1 is 1.10 bits per heavy atom. The molecule has 1 amide bonds. The zero-order valence-electron chi connectivity index (χ0n) is 13.2. The maximum absolute atomic E-state index is 12.3. The zero-order valence-corrected chi connectivity index (χ0v) is 13.2. The normalized spacial score (nSPS) is 19.8. The van der Waals surface area contributed by atoms with E-state index in [-0.39, 0.29) is 11.3 Å². The van der Waals surface area contributed by atoms with Gasteiger partial charge in [-0.05, 0) is 25.0 Å². The number of anilines is 1. The zero-order chi connectivity index (χ0) is 15.0. The number of piperazine rings is 1. The quantitative estimate of drug-likeness (QED) is 0.835. The molecule has 0 N–H and O–H groups in total. The molecule has 0 unspecified atom stereocenters. The van der Waals surface area contributed by atoms with Crippen LogP contribution in [0.15, 0.2) is 12.1 Å². The van der Waals surface area contributed by atoms with Crippen molar-refractivity contribution in [3.63, 3.8) is 0 Å². The smallest absolute Gasteiger partial charge is 0.228 e. The fourth-order valence-corrected chi connectivity index (χ4v) is 2.71. The van der Waals surface area contributed by atoms with Gasteiger partial charge < -0.3 is 9.80 Å². The van der Waals surface area contributed by atoms with E-state index in [0.29, 0.717) is 5.92 Å². The van der Waals surface area contributed by atoms with E-state index in [0.717, 1.165) is 37.7 Å². The van der Waals surface area contributed by atoms with Crippen molar-refractivity contribution in [3.8, 4) is 0 Å². The van der Waals surface area contributed by atoms with Gasteiger partial charge in [0, 0.05) is 37.5 Å². The van der Waals surface area contributed by atoms with Crippen LogP contribution in [0.3, 0.4) is 0 Å². The minimum absolute atomic E-state index is 0.234. The molecule has 0 radical (unpaired) electrons. The number of aromatic nitrogens is 2. The van der Waals surface area contributed by atoms with E-state index in [9.17, 15) is 4.79 Å². The first kappa shape index (κ1) is 14.3. The SMILES string of the molecule is CC(C)(C)C(=O)N1CCN(c2ccc(C3CC3)nn2)CC1. The van der Waals surface area contributed by atoms with Crippen LogP contribution in [0.5, 0.6) is 0 Å². The molecule has 0 atom stereocenters. The Balaban J connectivity index is 1.59. The second kappa shape index (κ2) is 5.28. The van der Waals surface area contributed by atoms with Gasteiger partial charge >= 0.3 is 0 Å². The van der Waals surface area contributed by atoms with Gasteiger partial charge in [0.15, 0.2) is 5.82 Å². The van der Waals surface area contributed by atoms with E-state index in [1.807, 2.05) is 25.7 Å². The Hall–Kier alpha value is -1.65. The highest BCUT2D eigenvalue weighted by molar-refractivity contribution is 5.81. The third-order valence-electron chi connectivity index (χ3n) is 4.20. The minimum atomic E-state index is -0.298. The van der Waals surface area contributed by atoms with E-state index in [1.165, 1.54) is 12.8 Å². The molecule has 5 nitrogen and oxygen atoms in total. The van der Waals surface area contributed by atoms with Gasteiger partial charge in [-0.25, -0.2) is 0 Å². The average Bonchev–Trinajstić information content (AvgIpc) is 3.31. The van der Waals surface area contributed by atoms with E-state index >= 15 is 0 Å². The van der Waals surface area contributed by atoms with Crippen LogP contribution in [-0.2, 0) is 4.79 Å². The van der Waals surface area contributed by atoms with Crippen LogP contribution in [0.4, 0.5) is 5.82 Å². The molecule has 2 fully saturated rings. The monoisotopic (exact) mass is 288 g/mol. The molecule has 1 aromatic heterocycles. The number of hydrogen-bond acceptors (Lipinski definition) is 4. The van der Waals surface area contributed by atoms with Gasteiger partial charge in [0.2, 0.25) is 5.91 Å². The van der Waals surface area contributed by atoms with E-state index < -0.39 is 0 Å². The lowest BCUT2D eigenvalue weighted by molar-refractivity contribution is -0.139. The largest absolute Gasteiger partial charge is 0.352 e. The van der Waals surface area contributed by atoms with Gasteiger partial charge in [-0.2, -0.15) is 5.10 Å². The number of amides is 1. The first-order chi connectivity index (χ1) is 9.95. The summed E-state index contributed by atoms with van der Waals surface area (Å²) >= 11 is 0. The molecule has 2 heterocycles. The number of hydrogen-bond donors (Lipinski definition) is 0. The summed E-state index contributed by atoms with van der Waals surface area (Å²) in [5, 5.41) is 8.69. The summed E-state index contributed by atoms with van der Waals surface area (Å²) in [6.45, 7) is 9.13. The molecule has 0 bridgehead atoms. The van der Waals surface area contributed by atoms with Gasteiger partial charge in [-0.1, -0.05) is 20.8 Å². The first-order valence-corrected chi connectivity index (χ1v) is 7.83. The van der Waals surface area contributed by atoms with Gasteiger partial charge in [0.25, 0.3) is 0 Å². The van der Waals surface area contributed by atoms with Crippen molar-refractivity contribution < 1.29 is 4.79 Å². The van der Waals surface area contributed by atoms with Crippen molar-refractivity contribution in [1.82, 2.24) is 15.1 Å². The summed E-state index contributed by atoms with van der Waals surface area (Å²) in [4.78, 5) is 16.4. The molecule has 0 spiro atoms. The summed E-state index contributed by atoms with van der Waals surface area (Å²) < 4.78 is 0. The summed E-state index contributed by atoms with van der Waals surface area (Å²) in [5.41, 5.74) is 0.828. The number of carbonyl (C=O) groups excluding carboxylic acids is 1. The van der Waals surface area contributed by atoms with Gasteiger partial charge in [-0.3, -0.25) is 4.79 Å². The molecular weight excluding hydrogens is 264 g/mol. The Morgan fingerprint density at radius 3 is 2.24 bits per heavy atom. The third-order valence-corrected chi connectivity index (χ3v) is 4.20. The van der Waals surface area contributed by atoms with Crippen LogP contribution in [0.2, 0.25) is 0 Å². The van der Waals surface area contributed by atoms with Crippen LogP contribution in [-0.4, -0.2) is 47.2 Å². The fraction of sp³-hybridized carbons (Fsp3) is 0.688. The maximum atomic E-state index is 12.3. The topological polar surface area (TPSA) is 49.3 Å². The Morgan fingerprint density at radius 2 is 1.76 bits per heavy atom. The fourth-order valence-electron chi connectivity index (χ4n) is 2.71. The van der Waals surface area contributed by atoms with Crippen LogP contribution in [0, 0.1) is 5.41 Å². The van der Waals surface area contributed by atoms with Crippen LogP contribution in [0.25, 0.3) is 0 Å². The summed E-state index contributed by atoms with van der Waals surface area (Å²) in [6, 6.07) is 4.18. The van der Waals surface area contributed by atoms with Gasteiger partial charge in [-0.15, -0.1) is 5.10 Å². The molecule has 5 heteroatoms. The first-order valence-electron chi connectivity index (χ1n) is 7.83. The van der Waals surface area contributed by atoms with Crippen molar-refractivity contribution >= 4 is 11.7 Å². The number of carbonyl (C=O) groups is 1. The Labute approximate surface area is 126 Å². The summed E-state index contributed by atoms with van der Waals surface area (Å²) in [7, 11) is 0. The van der Waals surface area contributed by atoms with Gasteiger partial charge in [0.05, 0.1) is 5.69 Å². The van der Waals surface area contributed by atoms with E-state index in [1.54, 1.807) is 0 Å². The van der Waals surface area contributed by atoms with E-state index in [2.05, 4.69) is 27.2 Å². The second-order valence-electron chi connectivity index (χ2n) is 7.12. The molecule has 3 rings (SSSR count). The van der Waals surface area contributed by atoms with Crippen LogP contribution >= 0.6 is 0 Å². The molecule has 21 heavy (non-hydrogen) atoms. The Kier molecular flexibility index (Phi) is 3.59. The lowest BCUT2D eigenvalue weighted by atomic mass is 9.94. The highest BCUT2D eigenvalue weighted by Gasteiger charge is 2.30. The van der Waals surface area contributed by atoms with Crippen LogP contribution < -0.4 is 4.90 Å². The molecule has 2 aliphatic rings. The van der Waals surface area contributed by atoms with Crippen LogP contribution in [0.1, 0.15) is 45.2 Å². The molecule has 1 aromatic rings. The van der Waals surface area contributed by atoms with Crippen molar-refractivity contribution in [2.75, 3.05) is 31.1 Å². The summed E-state index contributed by atoms with van der Waals surface area (Å²) in [5.74, 6) is 1.81. The number of rotatable bonds is 2. The molecule has 1 saturated carbocycles. The molecule has 114 valence electrons. The van der Waals surface area contributed by atoms with E-state index in [4.69, 9.17) is 0 Å². The lowest BCUT2D eigenvalue weighted by Crippen LogP contribution is -2.51. The second-order valence-corrected chi connectivity index (χ2v) is 7.12. The van der Waals surface area contributed by atoms with Crippen molar-refractivity contribution in [2.45, 2.75) is 39.5 Å². The Bertz CT molecular complexity index is 508. The third kappa shape index (κ3) is 3.17. The van der Waals surface area contributed by atoms with Crippen molar-refractivity contribution in [3.05, 3.63) is 17.8 Å². The average molecular weight is 288 g/mol. The standard InChI is InChI=1S/C16H24N4O/c1-16(2,3)15(21)20-10-8-19(9-11-20)14-7-6-13(17-18-14)12-4-5-12/h6-7,12H,4-5,8-11H2,1-3H3. The van der Waals surface area contributed by atoms with Crippen molar-refractivity contribution in [2.24, 2.45) is 5.41 Å². The highest BCUT2D eigenvalue weighted by atomic mass is 16.2. The summed E-state index contributed by atoms with van der Waals surface area (Å²) in [6.07, 6.45) is 2.50.